The van der Waals surface area contributed by atoms with Crippen LogP contribution in [0.4, 0.5) is 23.8 Å². The molecule has 3 aliphatic carbocycles. The van der Waals surface area contributed by atoms with Crippen molar-refractivity contribution in [3.8, 4) is 35.4 Å². The summed E-state index contributed by atoms with van der Waals surface area (Å²) in [6.45, 7) is 14.6. The highest BCUT2D eigenvalue weighted by atomic mass is 19.1. The number of aliphatic hydroxyl groups is 4. The smallest absolute Gasteiger partial charge is 0.408 e. The fourth-order valence-electron chi connectivity index (χ4n) is 17.4. The van der Waals surface area contributed by atoms with Gasteiger partial charge in [0.05, 0.1) is 52.1 Å². The number of carbonyl (C=O) groups is 5. The Balaban J connectivity index is 0.000000188. The molecule has 0 spiro atoms. The van der Waals surface area contributed by atoms with Crippen LogP contribution in [-0.2, 0) is 38.1 Å². The number of esters is 3. The van der Waals surface area contributed by atoms with Crippen molar-refractivity contribution in [1.29, 1.82) is 0 Å². The topological polar surface area (TPSA) is 311 Å². The van der Waals surface area contributed by atoms with E-state index in [1.165, 1.54) is 56.4 Å². The van der Waals surface area contributed by atoms with E-state index in [2.05, 4.69) is 36.3 Å². The van der Waals surface area contributed by atoms with E-state index in [0.29, 0.717) is 60.3 Å². The molecule has 4 aromatic carbocycles. The number of phenolic OH excluding ortho intramolecular Hbond substituents is 1. The van der Waals surface area contributed by atoms with Crippen molar-refractivity contribution >= 4 is 57.3 Å². The summed E-state index contributed by atoms with van der Waals surface area (Å²) in [7, 11) is 0. The van der Waals surface area contributed by atoms with Gasteiger partial charge in [-0.3, -0.25) is 19.5 Å². The minimum absolute atomic E-state index is 0.00778. The number of ether oxygens (including phenoxy) is 6. The molecule has 8 aliphatic rings. The molecular formula is C76H84F3N7O16. The van der Waals surface area contributed by atoms with Gasteiger partial charge in [-0.05, 0) is 119 Å². The van der Waals surface area contributed by atoms with E-state index < -0.39 is 136 Å². The van der Waals surface area contributed by atoms with Crippen molar-refractivity contribution in [2.45, 2.75) is 184 Å². The molecule has 6 aromatic rings. The van der Waals surface area contributed by atoms with Crippen molar-refractivity contribution in [2.75, 3.05) is 44.3 Å². The molecule has 15 unspecified atom stereocenters. The van der Waals surface area contributed by atoms with Crippen LogP contribution >= 0.6 is 0 Å². The Morgan fingerprint density at radius 3 is 2.29 bits per heavy atom. The third kappa shape index (κ3) is 12.4. The van der Waals surface area contributed by atoms with Gasteiger partial charge < -0.3 is 69.5 Å². The van der Waals surface area contributed by atoms with Crippen LogP contribution in [0.1, 0.15) is 128 Å². The van der Waals surface area contributed by atoms with E-state index in [0.717, 1.165) is 39.2 Å². The van der Waals surface area contributed by atoms with Crippen LogP contribution < -0.4 is 20.3 Å². The molecule has 540 valence electrons. The number of aromatic hydroxyl groups is 1. The van der Waals surface area contributed by atoms with E-state index in [9.17, 15) is 58.3 Å². The average Bonchev–Trinajstić information content (AvgIpc) is 0.818. The maximum Gasteiger partial charge on any atom is 0.408 e. The lowest BCUT2D eigenvalue weighted by molar-refractivity contribution is -0.346. The fraction of sp³-hybridized carbons (Fsp3) is 0.500. The van der Waals surface area contributed by atoms with Crippen LogP contribution in [0, 0.1) is 40.7 Å². The Kier molecular flexibility index (Phi) is 18.8. The Morgan fingerprint density at radius 1 is 0.941 bits per heavy atom. The lowest BCUT2D eigenvalue weighted by atomic mass is 9.44. The Morgan fingerprint density at radius 2 is 1.64 bits per heavy atom. The number of Topliss-reactive ketones (excluding diaryl/α,β-unsaturated/α-hetero) is 1. The average molecular weight is 1410 g/mol. The molecule has 102 heavy (non-hydrogen) atoms. The number of piperazine rings is 1. The molecule has 7 N–H and O–H groups in total. The van der Waals surface area contributed by atoms with Gasteiger partial charge in [0, 0.05) is 80.5 Å². The molecule has 2 aromatic heterocycles. The van der Waals surface area contributed by atoms with Crippen LogP contribution in [0.3, 0.4) is 0 Å². The van der Waals surface area contributed by atoms with Crippen molar-refractivity contribution in [3.05, 3.63) is 131 Å². The van der Waals surface area contributed by atoms with Crippen molar-refractivity contribution in [3.63, 3.8) is 0 Å². The number of amides is 1. The Hall–Kier alpha value is -8.81. The summed E-state index contributed by atoms with van der Waals surface area (Å²) < 4.78 is 81.7. The van der Waals surface area contributed by atoms with Gasteiger partial charge in [-0.25, -0.2) is 27.6 Å². The van der Waals surface area contributed by atoms with Crippen LogP contribution in [0.15, 0.2) is 102 Å². The summed E-state index contributed by atoms with van der Waals surface area (Å²) in [6, 6.07) is 20.7. The van der Waals surface area contributed by atoms with Gasteiger partial charge in [-0.15, -0.1) is 6.42 Å². The summed E-state index contributed by atoms with van der Waals surface area (Å²) in [5.41, 5.74) is -8.60. The zero-order chi connectivity index (χ0) is 72.9. The first kappa shape index (κ1) is 71.6. The summed E-state index contributed by atoms with van der Waals surface area (Å²) in [4.78, 5) is 87.0. The number of nitrogens with one attached hydrogen (secondary N) is 2. The summed E-state index contributed by atoms with van der Waals surface area (Å²) in [5, 5.41) is 66.8. The normalized spacial score (nSPS) is 30.5. The number of pyridine rings is 1. The number of nitrogens with zero attached hydrogens (tertiary/aromatic N) is 5. The third-order valence-electron chi connectivity index (χ3n) is 22.4. The number of hydrogen-bond acceptors (Lipinski definition) is 22. The molecule has 7 fully saturated rings. The number of anilines is 1. The van der Waals surface area contributed by atoms with Crippen molar-refractivity contribution in [1.82, 2.24) is 30.5 Å². The van der Waals surface area contributed by atoms with Crippen molar-refractivity contribution in [2.24, 2.45) is 16.7 Å². The highest BCUT2D eigenvalue weighted by Crippen LogP contribution is 2.64. The van der Waals surface area contributed by atoms with Gasteiger partial charge in [-0.2, -0.15) is 9.97 Å². The Labute approximate surface area is 587 Å². The second kappa shape index (κ2) is 26.8. The van der Waals surface area contributed by atoms with E-state index in [1.54, 1.807) is 83.1 Å². The number of halogens is 3. The van der Waals surface area contributed by atoms with Gasteiger partial charge in [0.1, 0.15) is 77.0 Å². The predicted octanol–water partition coefficient (Wildman–Crippen LogP) is 7.97. The number of rotatable bonds is 13. The monoisotopic (exact) mass is 1410 g/mol. The van der Waals surface area contributed by atoms with Gasteiger partial charge in [0.15, 0.2) is 23.3 Å². The number of hydrogen-bond donors (Lipinski definition) is 7. The number of phenols is 1. The van der Waals surface area contributed by atoms with Crippen LogP contribution in [-0.4, -0.2) is 192 Å². The molecule has 2 saturated carbocycles. The summed E-state index contributed by atoms with van der Waals surface area (Å²) >= 11 is 0. The van der Waals surface area contributed by atoms with E-state index in [-0.39, 0.29) is 75.8 Å². The molecule has 0 radical (unpaired) electrons. The van der Waals surface area contributed by atoms with Crippen molar-refractivity contribution < 1.29 is 91.1 Å². The molecule has 1 amide bonds. The molecule has 5 aliphatic heterocycles. The molecule has 15 atom stereocenters. The first-order valence-electron chi connectivity index (χ1n) is 34.5. The van der Waals surface area contributed by atoms with E-state index >= 15 is 4.39 Å². The van der Waals surface area contributed by atoms with Gasteiger partial charge in [0.25, 0.3) is 0 Å². The molecule has 4 bridgehead atoms. The maximum atomic E-state index is 16.7. The fourth-order valence-corrected chi connectivity index (χ4v) is 17.4. The summed E-state index contributed by atoms with van der Waals surface area (Å²) in [5.74, 6) is -4.02. The largest absolute Gasteiger partial charge is 0.508 e. The minimum atomic E-state index is -2.35. The third-order valence-corrected chi connectivity index (χ3v) is 22.4. The number of alkyl carbamates (subject to hydrolysis) is 1. The lowest BCUT2D eigenvalue weighted by Crippen LogP contribution is -2.81. The van der Waals surface area contributed by atoms with Gasteiger partial charge in [-0.1, -0.05) is 74.4 Å². The zero-order valence-electron chi connectivity index (χ0n) is 57.9. The van der Waals surface area contributed by atoms with E-state index in [1.807, 2.05) is 0 Å². The number of aromatic nitrogens is 3. The number of fused-ring (bicyclic) bond motifs is 10. The molecule has 23 nitrogen and oxygen atoms in total. The number of benzene rings is 4. The quantitative estimate of drug-likeness (QED) is 0.0249. The number of carbonyl (C=O) groups excluding carboxylic acids is 5. The minimum Gasteiger partial charge on any atom is -0.508 e. The van der Waals surface area contributed by atoms with Crippen LogP contribution in [0.5, 0.6) is 11.8 Å². The molecule has 26 heteroatoms. The van der Waals surface area contributed by atoms with Crippen LogP contribution in [0.25, 0.3) is 32.9 Å². The molecule has 7 heterocycles. The zero-order valence-corrected chi connectivity index (χ0v) is 57.9. The highest BCUT2D eigenvalue weighted by molar-refractivity contribution is 6.03. The van der Waals surface area contributed by atoms with Crippen LogP contribution in [0.2, 0.25) is 0 Å². The highest BCUT2D eigenvalue weighted by Gasteiger charge is 2.78. The number of ketones is 1. The second-order valence-corrected chi connectivity index (χ2v) is 30.2. The maximum absolute atomic E-state index is 16.7. The lowest BCUT2D eigenvalue weighted by Gasteiger charge is -2.67. The number of terminal acetylenes is 1. The standard InChI is InChI=1S/C43H53NO14.C33H31F3N6O2/c1-22-26(55-37(51)32(48)30(24-15-11-9-12-16-24)44-38(52)58-39(3,4)5)20-43(53)35(56-36(50)25-17-13-10-14-18-25)33-41(8,34(49)31(47)29(22)40(43,6)7)27(46)19-28-42(33,21-54-28)57-23(2)45;1-2-23-26(35)7-4-18-10-22(43)11-24(27(18)23)29-28(36)30-25(13-37-29)31(41-15-20-5-6-21(16-41)38-20)40-32(39-30)44-17-33-8-3-9-42(33)14-19(34)12-33/h9-18,26-28,30-33,35,46-48,53H,19-21H2,1-8H3,(H,44,52);1,4,7,10-11,13,19-21,38,43H,3,5-6,8-9,12,14-17H2. The van der Waals surface area contributed by atoms with E-state index in [4.69, 9.17) is 39.8 Å². The predicted molar refractivity (Wildman–Crippen MR) is 364 cm³/mol. The second-order valence-electron chi connectivity index (χ2n) is 30.2. The molecular weight excluding hydrogens is 1320 g/mol. The molecule has 14 rings (SSSR count). The number of alkyl halides is 1. The number of aliphatic hydroxyl groups excluding tert-OH is 3. The SMILES string of the molecule is C#Cc1c(F)ccc2cc(O)cc(-c3ncc4c(N5CC6CCC(C5)N6)nc(OCC56CCCN5CC(F)C6)nc4c3F)c12.CC(=O)OC12COC1CC(O)C1(C)C(=O)C(O)C3=C(C)C(OC(=O)C(O)C(NC(=O)OC(C)(C)C)c4ccccc4)CC(O)(C(OC(=O)c4ccccc4)C21)C3(C)C. The summed E-state index contributed by atoms with van der Waals surface area (Å²) in [6.07, 6.45) is -0.951. The first-order valence-corrected chi connectivity index (χ1v) is 34.5. The Bertz CT molecular complexity index is 4390. The van der Waals surface area contributed by atoms with Gasteiger partial charge >= 0.3 is 30.0 Å². The molecule has 5 saturated heterocycles. The van der Waals surface area contributed by atoms with Gasteiger partial charge in [0.2, 0.25) is 0 Å². The first-order chi connectivity index (χ1) is 48.3.